The first-order chi connectivity index (χ1) is 48.6. The minimum absolute atomic E-state index is 0.146. The van der Waals surface area contributed by atoms with Crippen molar-refractivity contribution in [3.8, 4) is 0 Å². The highest BCUT2D eigenvalue weighted by molar-refractivity contribution is 5.70. The zero-order chi connectivity index (χ0) is 71.8. The summed E-state index contributed by atoms with van der Waals surface area (Å²) in [7, 11) is 5.94. The Morgan fingerprint density at radius 3 is 0.859 bits per heavy atom. The maximum Gasteiger partial charge on any atom is 0.306 e. The number of carbonyl (C=O) groups excluding carboxylic acids is 3. The lowest BCUT2D eigenvalue weighted by Gasteiger charge is -2.26. The van der Waals surface area contributed by atoms with Crippen molar-refractivity contribution in [3.63, 3.8) is 0 Å². The molecule has 0 amide bonds. The molecule has 0 bridgehead atoms. The van der Waals surface area contributed by atoms with Crippen LogP contribution in [0.15, 0.2) is 109 Å². The number of esters is 2. The molecule has 0 aromatic heterocycles. The van der Waals surface area contributed by atoms with Gasteiger partial charge < -0.3 is 33.3 Å². The van der Waals surface area contributed by atoms with Gasteiger partial charge in [-0.1, -0.05) is 399 Å². The second kappa shape index (κ2) is 79.6. The SMILES string of the molecule is CC/C=C\C/C=C\C/C=C\C/C=C\C/C=C\C/C=C\C/C=C\C/C=C\C/C=C\CCCCCCCCCCCCCCCC(=O)OC(COC(=O)CCCCCCCCCCCCCCCCCCCCCCCCCCCCCCCCCCC)COC(OCC[N+](C)(C)C)C(=O)[O-]. The van der Waals surface area contributed by atoms with E-state index >= 15 is 0 Å². The summed E-state index contributed by atoms with van der Waals surface area (Å²) in [6.45, 7) is 4.69. The molecule has 0 fully saturated rings. The van der Waals surface area contributed by atoms with Gasteiger partial charge in [-0.3, -0.25) is 9.59 Å². The van der Waals surface area contributed by atoms with Crippen LogP contribution in [-0.2, 0) is 33.3 Å². The number of quaternary nitrogens is 1. The Labute approximate surface area is 613 Å². The molecule has 0 spiro atoms. The number of carbonyl (C=O) groups is 3. The molecule has 0 aliphatic rings. The van der Waals surface area contributed by atoms with Gasteiger partial charge in [0, 0.05) is 12.8 Å². The molecule has 0 N–H and O–H groups in total. The van der Waals surface area contributed by atoms with Crippen LogP contribution in [0.4, 0.5) is 0 Å². The van der Waals surface area contributed by atoms with Gasteiger partial charge in [0.05, 0.1) is 40.3 Å². The normalized spacial score (nSPS) is 13.2. The van der Waals surface area contributed by atoms with Crippen molar-refractivity contribution in [3.05, 3.63) is 109 Å². The first-order valence-corrected chi connectivity index (χ1v) is 42.0. The van der Waals surface area contributed by atoms with Crippen molar-refractivity contribution < 1.29 is 42.9 Å². The number of carboxylic acid groups (broad SMARTS) is 1. The Morgan fingerprint density at radius 1 is 0.313 bits per heavy atom. The predicted octanol–water partition coefficient (Wildman–Crippen LogP) is 25.9. The third-order valence-electron chi connectivity index (χ3n) is 18.5. The Balaban J connectivity index is 4.01. The van der Waals surface area contributed by atoms with E-state index in [1.807, 2.05) is 21.1 Å². The van der Waals surface area contributed by atoms with E-state index in [9.17, 15) is 19.5 Å². The number of nitrogens with zero attached hydrogens (tertiary/aromatic N) is 1. The first-order valence-electron chi connectivity index (χ1n) is 42.0. The fourth-order valence-electron chi connectivity index (χ4n) is 12.2. The summed E-state index contributed by atoms with van der Waals surface area (Å²) in [5, 5.41) is 11.9. The minimum Gasteiger partial charge on any atom is -0.545 e. The lowest BCUT2D eigenvalue weighted by Crippen LogP contribution is -2.44. The number of allylic oxidation sites excluding steroid dienone is 18. The van der Waals surface area contributed by atoms with E-state index in [0.717, 1.165) is 96.3 Å². The van der Waals surface area contributed by atoms with E-state index in [2.05, 4.69) is 123 Å². The lowest BCUT2D eigenvalue weighted by molar-refractivity contribution is -0.870. The molecule has 0 aromatic carbocycles. The van der Waals surface area contributed by atoms with E-state index in [4.69, 9.17) is 18.9 Å². The fourth-order valence-corrected chi connectivity index (χ4v) is 12.2. The van der Waals surface area contributed by atoms with Crippen molar-refractivity contribution in [2.24, 2.45) is 0 Å². The average molecular weight is 1380 g/mol. The van der Waals surface area contributed by atoms with Crippen LogP contribution in [0.2, 0.25) is 0 Å². The van der Waals surface area contributed by atoms with Crippen LogP contribution >= 0.6 is 0 Å². The number of unbranched alkanes of at least 4 members (excludes halogenated alkanes) is 45. The van der Waals surface area contributed by atoms with Crippen LogP contribution < -0.4 is 5.11 Å². The van der Waals surface area contributed by atoms with E-state index in [1.165, 1.54) is 257 Å². The van der Waals surface area contributed by atoms with Crippen molar-refractivity contribution in [1.29, 1.82) is 0 Å². The molecular formula is C90H159NO8. The summed E-state index contributed by atoms with van der Waals surface area (Å²) < 4.78 is 22.9. The standard InChI is InChI=1S/C90H159NO8/c1-6-8-10-12-14-16-18-20-22-24-26-28-30-32-34-36-38-40-41-42-43-44-45-46-47-49-51-53-55-57-59-61-63-65-67-69-71-73-75-77-79-81-88(93)99-86(85-98-90(89(94)95)96-83-82-91(3,4)5)84-97-87(92)80-78-76-74-72-70-68-66-64-62-60-58-56-54-52-50-48-39-37-35-33-31-29-27-25-23-21-19-17-15-13-11-9-7-2/h8,10,14,16,20,22,26,28,32,34,38,40,42-43,45-46,49,51,86,90H,6-7,9,11-13,15,17-19,21,23-25,27,29-31,33,35-37,39,41,44,47-48,50,52-85H2,1-5H3/b10-8-,16-14-,22-20-,28-26-,34-32-,40-38-,43-42-,46-45-,51-49-. The van der Waals surface area contributed by atoms with Crippen LogP contribution in [0.25, 0.3) is 0 Å². The van der Waals surface area contributed by atoms with E-state index in [0.29, 0.717) is 23.9 Å². The molecule has 99 heavy (non-hydrogen) atoms. The van der Waals surface area contributed by atoms with Gasteiger partial charge in [-0.25, -0.2) is 0 Å². The van der Waals surface area contributed by atoms with Gasteiger partial charge >= 0.3 is 11.9 Å². The van der Waals surface area contributed by atoms with Gasteiger partial charge in [0.1, 0.15) is 13.2 Å². The quantitative estimate of drug-likeness (QED) is 0.0195. The number of carboxylic acids is 1. The van der Waals surface area contributed by atoms with Crippen LogP contribution in [0.5, 0.6) is 0 Å². The van der Waals surface area contributed by atoms with Gasteiger partial charge in [-0.05, 0) is 83.5 Å². The third-order valence-corrected chi connectivity index (χ3v) is 18.5. The smallest absolute Gasteiger partial charge is 0.306 e. The molecule has 0 aromatic rings. The Bertz CT molecular complexity index is 2000. The summed E-state index contributed by atoms with van der Waals surface area (Å²) in [6.07, 6.45) is 109. The molecule has 572 valence electrons. The zero-order valence-electron chi connectivity index (χ0n) is 65.6. The number of aliphatic carboxylic acids is 1. The van der Waals surface area contributed by atoms with Crippen molar-refractivity contribution in [2.75, 3.05) is 47.5 Å². The number of ether oxygens (including phenoxy) is 4. The van der Waals surface area contributed by atoms with Gasteiger partial charge in [0.15, 0.2) is 12.4 Å². The lowest BCUT2D eigenvalue weighted by atomic mass is 10.0. The molecule has 0 rings (SSSR count). The van der Waals surface area contributed by atoms with Crippen molar-refractivity contribution in [2.45, 2.75) is 399 Å². The van der Waals surface area contributed by atoms with Gasteiger partial charge in [-0.2, -0.15) is 0 Å². The van der Waals surface area contributed by atoms with E-state index < -0.39 is 24.3 Å². The summed E-state index contributed by atoms with van der Waals surface area (Å²) in [6, 6.07) is 0. The molecule has 9 heteroatoms. The van der Waals surface area contributed by atoms with Crippen molar-refractivity contribution in [1.82, 2.24) is 0 Å². The average Bonchev–Trinajstić information content (AvgIpc) is 2.62. The molecule has 0 saturated heterocycles. The first kappa shape index (κ1) is 94.9. The largest absolute Gasteiger partial charge is 0.545 e. The summed E-state index contributed by atoms with van der Waals surface area (Å²) in [5.74, 6) is -2.27. The summed E-state index contributed by atoms with van der Waals surface area (Å²) in [4.78, 5) is 37.6. The minimum atomic E-state index is -1.63. The molecule has 0 aliphatic heterocycles. The Kier molecular flexibility index (Phi) is 76.4. The monoisotopic (exact) mass is 1380 g/mol. The highest BCUT2D eigenvalue weighted by Gasteiger charge is 2.22. The highest BCUT2D eigenvalue weighted by atomic mass is 16.7. The van der Waals surface area contributed by atoms with Crippen LogP contribution in [0, 0.1) is 0 Å². The maximum absolute atomic E-state index is 13.0. The topological polar surface area (TPSA) is 111 Å². The Morgan fingerprint density at radius 2 is 0.576 bits per heavy atom. The zero-order valence-corrected chi connectivity index (χ0v) is 65.6. The molecule has 0 aliphatic carbocycles. The van der Waals surface area contributed by atoms with Crippen LogP contribution in [0.3, 0.4) is 0 Å². The summed E-state index contributed by atoms with van der Waals surface area (Å²) >= 11 is 0. The molecule has 0 saturated carbocycles. The van der Waals surface area contributed by atoms with Gasteiger partial charge in [0.2, 0.25) is 0 Å². The molecule has 0 heterocycles. The number of rotatable bonds is 78. The molecule has 2 atom stereocenters. The Hall–Kier alpha value is -4.05. The molecule has 9 nitrogen and oxygen atoms in total. The molecular weight excluding hydrogens is 1220 g/mol. The molecule has 0 radical (unpaired) electrons. The van der Waals surface area contributed by atoms with Crippen LogP contribution in [-0.4, -0.2) is 82.3 Å². The van der Waals surface area contributed by atoms with E-state index in [1.54, 1.807) is 0 Å². The van der Waals surface area contributed by atoms with E-state index in [-0.39, 0.29) is 32.2 Å². The van der Waals surface area contributed by atoms with Crippen LogP contribution in [0.1, 0.15) is 386 Å². The maximum atomic E-state index is 13.0. The second-order valence-corrected chi connectivity index (χ2v) is 29.4. The van der Waals surface area contributed by atoms with Gasteiger partial charge in [0.25, 0.3) is 0 Å². The number of hydrogen-bond acceptors (Lipinski definition) is 8. The number of hydrogen-bond donors (Lipinski definition) is 0. The van der Waals surface area contributed by atoms with Crippen molar-refractivity contribution >= 4 is 17.9 Å². The third kappa shape index (κ3) is 81.1. The fraction of sp³-hybridized carbons (Fsp3) is 0.767. The predicted molar refractivity (Wildman–Crippen MR) is 426 cm³/mol. The second-order valence-electron chi connectivity index (χ2n) is 29.4. The number of likely N-dealkylation sites (N-methyl/N-ethyl adjacent to an activating group) is 1. The summed E-state index contributed by atoms with van der Waals surface area (Å²) in [5.41, 5.74) is 0. The highest BCUT2D eigenvalue weighted by Crippen LogP contribution is 2.20. The van der Waals surface area contributed by atoms with Gasteiger partial charge in [-0.15, -0.1) is 0 Å². The molecule has 2 unspecified atom stereocenters.